The highest BCUT2D eigenvalue weighted by molar-refractivity contribution is 7.91. The molecule has 2 atom stereocenters. The van der Waals surface area contributed by atoms with E-state index < -0.39 is 9.84 Å². The van der Waals surface area contributed by atoms with Gasteiger partial charge in [0.05, 0.1) is 11.5 Å². The summed E-state index contributed by atoms with van der Waals surface area (Å²) in [6.45, 7) is 2.02. The standard InChI is InChI=1S/C14H20N2O2S/c1-14(6-7-19(17,18)9-14)16-13-5-2-10-8-11(15)3-4-12(10)13/h3-4,8,13,16H,2,5-7,9,15H2,1H3. The van der Waals surface area contributed by atoms with E-state index in [9.17, 15) is 8.42 Å². The molecule has 0 aromatic heterocycles. The minimum atomic E-state index is -2.86. The predicted molar refractivity (Wildman–Crippen MR) is 76.7 cm³/mol. The maximum atomic E-state index is 11.7. The summed E-state index contributed by atoms with van der Waals surface area (Å²) in [6, 6.07) is 6.29. The van der Waals surface area contributed by atoms with Gasteiger partial charge in [0.2, 0.25) is 0 Å². The van der Waals surface area contributed by atoms with Crippen molar-refractivity contribution < 1.29 is 8.42 Å². The van der Waals surface area contributed by atoms with Crippen LogP contribution in [0.3, 0.4) is 0 Å². The maximum Gasteiger partial charge on any atom is 0.152 e. The average Bonchev–Trinajstić information content (AvgIpc) is 2.80. The number of anilines is 1. The Morgan fingerprint density at radius 3 is 2.89 bits per heavy atom. The van der Waals surface area contributed by atoms with E-state index in [4.69, 9.17) is 5.73 Å². The normalized spacial score (nSPS) is 32.4. The Labute approximate surface area is 114 Å². The van der Waals surface area contributed by atoms with E-state index in [1.165, 1.54) is 11.1 Å². The fourth-order valence-electron chi connectivity index (χ4n) is 3.33. The fourth-order valence-corrected chi connectivity index (χ4v) is 5.44. The lowest BCUT2D eigenvalue weighted by atomic mass is 9.98. The summed E-state index contributed by atoms with van der Waals surface area (Å²) >= 11 is 0. The highest BCUT2D eigenvalue weighted by atomic mass is 32.2. The first kappa shape index (κ1) is 12.9. The van der Waals surface area contributed by atoms with Gasteiger partial charge in [0.1, 0.15) is 0 Å². The summed E-state index contributed by atoms with van der Waals surface area (Å²) in [7, 11) is -2.86. The molecule has 0 spiro atoms. The first-order valence-electron chi connectivity index (χ1n) is 6.73. The molecule has 19 heavy (non-hydrogen) atoms. The highest BCUT2D eigenvalue weighted by Crippen LogP contribution is 2.35. The van der Waals surface area contributed by atoms with Crippen molar-refractivity contribution in [1.82, 2.24) is 5.32 Å². The minimum Gasteiger partial charge on any atom is -0.399 e. The summed E-state index contributed by atoms with van der Waals surface area (Å²) in [6.07, 6.45) is 2.74. The van der Waals surface area contributed by atoms with Crippen LogP contribution in [0.4, 0.5) is 5.69 Å². The largest absolute Gasteiger partial charge is 0.399 e. The van der Waals surface area contributed by atoms with E-state index in [-0.39, 0.29) is 17.3 Å². The fraction of sp³-hybridized carbons (Fsp3) is 0.571. The smallest absolute Gasteiger partial charge is 0.152 e. The van der Waals surface area contributed by atoms with Gasteiger partial charge in [0, 0.05) is 17.3 Å². The topological polar surface area (TPSA) is 72.2 Å². The van der Waals surface area contributed by atoms with Gasteiger partial charge in [-0.25, -0.2) is 8.42 Å². The summed E-state index contributed by atoms with van der Waals surface area (Å²) < 4.78 is 23.3. The van der Waals surface area contributed by atoms with Gasteiger partial charge in [-0.05, 0) is 49.4 Å². The van der Waals surface area contributed by atoms with Gasteiger partial charge in [-0.2, -0.15) is 0 Å². The number of nitrogens with one attached hydrogen (secondary N) is 1. The molecule has 1 aromatic carbocycles. The Hall–Kier alpha value is -1.07. The minimum absolute atomic E-state index is 0.251. The molecule has 1 fully saturated rings. The molecular weight excluding hydrogens is 260 g/mol. The van der Waals surface area contributed by atoms with Gasteiger partial charge in [-0.15, -0.1) is 0 Å². The van der Waals surface area contributed by atoms with E-state index in [0.717, 1.165) is 18.5 Å². The van der Waals surface area contributed by atoms with Crippen molar-refractivity contribution >= 4 is 15.5 Å². The van der Waals surface area contributed by atoms with Crippen LogP contribution in [0.25, 0.3) is 0 Å². The number of nitrogen functional groups attached to an aromatic ring is 1. The van der Waals surface area contributed by atoms with Gasteiger partial charge in [-0.3, -0.25) is 0 Å². The lowest BCUT2D eigenvalue weighted by molar-refractivity contribution is 0.341. The van der Waals surface area contributed by atoms with Crippen molar-refractivity contribution in [3.63, 3.8) is 0 Å². The molecule has 104 valence electrons. The number of aryl methyl sites for hydroxylation is 1. The Morgan fingerprint density at radius 2 is 2.21 bits per heavy atom. The van der Waals surface area contributed by atoms with Gasteiger partial charge >= 0.3 is 0 Å². The molecule has 3 N–H and O–H groups in total. The second kappa shape index (κ2) is 4.21. The summed E-state index contributed by atoms with van der Waals surface area (Å²) in [5.41, 5.74) is 8.89. The lowest BCUT2D eigenvalue weighted by Crippen LogP contribution is -2.44. The molecule has 2 aliphatic rings. The quantitative estimate of drug-likeness (QED) is 0.804. The van der Waals surface area contributed by atoms with E-state index in [1.54, 1.807) is 0 Å². The second-order valence-electron chi connectivity index (χ2n) is 6.10. The first-order chi connectivity index (χ1) is 8.87. The van der Waals surface area contributed by atoms with E-state index >= 15 is 0 Å². The molecule has 0 radical (unpaired) electrons. The Morgan fingerprint density at radius 1 is 1.42 bits per heavy atom. The van der Waals surface area contributed by atoms with Crippen LogP contribution in [-0.4, -0.2) is 25.5 Å². The van der Waals surface area contributed by atoms with Crippen molar-refractivity contribution in [3.8, 4) is 0 Å². The zero-order chi connectivity index (χ0) is 13.7. The molecule has 1 heterocycles. The number of rotatable bonds is 2. The molecule has 0 amide bonds. The molecule has 5 heteroatoms. The van der Waals surface area contributed by atoms with Crippen LogP contribution in [0.5, 0.6) is 0 Å². The predicted octanol–water partition coefficient (Wildman–Crippen LogP) is 1.42. The number of benzene rings is 1. The maximum absolute atomic E-state index is 11.7. The third-order valence-electron chi connectivity index (χ3n) is 4.27. The van der Waals surface area contributed by atoms with Crippen LogP contribution in [0.15, 0.2) is 18.2 Å². The third-order valence-corrected chi connectivity index (χ3v) is 6.17. The van der Waals surface area contributed by atoms with Crippen molar-refractivity contribution in [1.29, 1.82) is 0 Å². The van der Waals surface area contributed by atoms with Crippen LogP contribution in [0.2, 0.25) is 0 Å². The van der Waals surface area contributed by atoms with Crippen LogP contribution in [0.1, 0.15) is 36.9 Å². The third kappa shape index (κ3) is 2.49. The zero-order valence-electron chi connectivity index (χ0n) is 11.1. The molecular formula is C14H20N2O2S. The van der Waals surface area contributed by atoms with Crippen molar-refractivity contribution in [2.75, 3.05) is 17.2 Å². The molecule has 4 nitrogen and oxygen atoms in total. The van der Waals surface area contributed by atoms with Crippen molar-refractivity contribution in [2.45, 2.75) is 37.8 Å². The molecule has 2 unspecified atom stereocenters. The SMILES string of the molecule is CC1(NC2CCc3cc(N)ccc32)CCS(=O)(=O)C1. The number of hydrogen-bond donors (Lipinski definition) is 2. The number of sulfone groups is 1. The molecule has 0 saturated carbocycles. The second-order valence-corrected chi connectivity index (χ2v) is 8.28. The monoisotopic (exact) mass is 280 g/mol. The van der Waals surface area contributed by atoms with Crippen LogP contribution in [-0.2, 0) is 16.3 Å². The molecule has 3 rings (SSSR count). The van der Waals surface area contributed by atoms with Crippen molar-refractivity contribution in [3.05, 3.63) is 29.3 Å². The van der Waals surface area contributed by atoms with E-state index in [0.29, 0.717) is 12.2 Å². The van der Waals surface area contributed by atoms with Crippen LogP contribution >= 0.6 is 0 Å². The molecule has 1 aliphatic carbocycles. The molecule has 1 aromatic rings. The van der Waals surface area contributed by atoms with E-state index in [2.05, 4.69) is 11.4 Å². The van der Waals surface area contributed by atoms with Gasteiger partial charge in [0.15, 0.2) is 9.84 Å². The number of hydrogen-bond acceptors (Lipinski definition) is 4. The van der Waals surface area contributed by atoms with Crippen LogP contribution in [0, 0.1) is 0 Å². The van der Waals surface area contributed by atoms with Gasteiger partial charge in [0.25, 0.3) is 0 Å². The lowest BCUT2D eigenvalue weighted by Gasteiger charge is -2.29. The number of fused-ring (bicyclic) bond motifs is 1. The first-order valence-corrected chi connectivity index (χ1v) is 8.56. The summed E-state index contributed by atoms with van der Waals surface area (Å²) in [5, 5.41) is 3.57. The average molecular weight is 280 g/mol. The van der Waals surface area contributed by atoms with E-state index in [1.807, 2.05) is 19.1 Å². The highest BCUT2D eigenvalue weighted by Gasteiger charge is 2.40. The Bertz CT molecular complexity index is 612. The van der Waals surface area contributed by atoms with Crippen molar-refractivity contribution in [2.24, 2.45) is 0 Å². The Balaban J connectivity index is 1.80. The zero-order valence-corrected chi connectivity index (χ0v) is 12.0. The van der Waals surface area contributed by atoms with Gasteiger partial charge in [-0.1, -0.05) is 6.07 Å². The van der Waals surface area contributed by atoms with Gasteiger partial charge < -0.3 is 11.1 Å². The Kier molecular flexibility index (Phi) is 2.87. The summed E-state index contributed by atoms with van der Waals surface area (Å²) in [4.78, 5) is 0. The van der Waals surface area contributed by atoms with Crippen LogP contribution < -0.4 is 11.1 Å². The number of nitrogens with two attached hydrogens (primary N) is 1. The molecule has 0 bridgehead atoms. The summed E-state index contributed by atoms with van der Waals surface area (Å²) in [5.74, 6) is 0.554. The molecule has 1 saturated heterocycles. The molecule has 1 aliphatic heterocycles.